The van der Waals surface area contributed by atoms with E-state index >= 15 is 0 Å². The highest BCUT2D eigenvalue weighted by molar-refractivity contribution is 5.90. The van der Waals surface area contributed by atoms with Crippen LogP contribution in [0, 0.1) is 11.8 Å². The standard InChI is InChI=1S/C30H30F5NO8/c1-3-39-26(37)16-6-4-15(5-7-16)21-12-20(18-9-8-17(10-22(18)41-21)42-29(31,32)33)36-27(38)28(2)14-40-23-13-25-24(11-19(23)28)43-30(34,35)44-25/h8-11,13,15-16,20-21H,3-7,12,14H2,1-2H3,(H,36,38)/t15-,16-,20-,21-,28-/m0/s1. The highest BCUT2D eigenvalue weighted by atomic mass is 19.4. The molecule has 2 aromatic carbocycles. The Balaban J connectivity index is 1.24. The van der Waals surface area contributed by atoms with Gasteiger partial charge in [0.15, 0.2) is 11.5 Å². The fraction of sp³-hybridized carbons (Fsp3) is 0.533. The van der Waals surface area contributed by atoms with Crippen LogP contribution in [0.2, 0.25) is 0 Å². The molecule has 1 fully saturated rings. The number of esters is 1. The molecule has 44 heavy (non-hydrogen) atoms. The van der Waals surface area contributed by atoms with Gasteiger partial charge in [0, 0.05) is 29.7 Å². The van der Waals surface area contributed by atoms with Gasteiger partial charge < -0.3 is 33.7 Å². The van der Waals surface area contributed by atoms with Crippen molar-refractivity contribution in [2.24, 2.45) is 11.8 Å². The van der Waals surface area contributed by atoms with E-state index in [2.05, 4.69) is 19.5 Å². The maximum Gasteiger partial charge on any atom is 0.586 e. The smallest absolute Gasteiger partial charge is 0.492 e. The van der Waals surface area contributed by atoms with Gasteiger partial charge >= 0.3 is 18.6 Å². The summed E-state index contributed by atoms with van der Waals surface area (Å²) in [6, 6.07) is 5.58. The number of carbonyl (C=O) groups excluding carboxylic acids is 2. The summed E-state index contributed by atoms with van der Waals surface area (Å²) < 4.78 is 96.5. The molecule has 0 aromatic heterocycles. The Kier molecular flexibility index (Phi) is 7.44. The van der Waals surface area contributed by atoms with Crippen LogP contribution in [0.25, 0.3) is 0 Å². The summed E-state index contributed by atoms with van der Waals surface area (Å²) in [5, 5.41) is 3.01. The van der Waals surface area contributed by atoms with Crippen molar-refractivity contribution in [3.05, 3.63) is 41.5 Å². The van der Waals surface area contributed by atoms with Gasteiger partial charge in [-0.15, -0.1) is 22.0 Å². The molecule has 14 heteroatoms. The number of hydrogen-bond acceptors (Lipinski definition) is 8. The first-order valence-electron chi connectivity index (χ1n) is 14.4. The molecule has 0 unspecified atom stereocenters. The van der Waals surface area contributed by atoms with E-state index in [0.717, 1.165) is 12.1 Å². The van der Waals surface area contributed by atoms with Gasteiger partial charge in [0.05, 0.1) is 18.6 Å². The summed E-state index contributed by atoms with van der Waals surface area (Å²) >= 11 is 0. The number of halogens is 5. The quantitative estimate of drug-likeness (QED) is 0.311. The maximum atomic E-state index is 13.9. The van der Waals surface area contributed by atoms with Gasteiger partial charge in [0.1, 0.15) is 35.4 Å². The Morgan fingerprint density at radius 3 is 2.39 bits per heavy atom. The van der Waals surface area contributed by atoms with Crippen molar-refractivity contribution in [2.75, 3.05) is 13.2 Å². The lowest BCUT2D eigenvalue weighted by molar-refractivity contribution is -0.286. The van der Waals surface area contributed by atoms with Crippen LogP contribution in [0.1, 0.15) is 63.1 Å². The minimum Gasteiger partial charge on any atom is -0.492 e. The SMILES string of the molecule is CCOC(=O)[C@H]1CC[C@H]([C@@H]2C[C@H](NC(=O)[C@@]3(C)COc4cc5c(cc43)OC(F)(F)O5)c3ccc(OC(F)(F)F)cc3O2)CC1. The van der Waals surface area contributed by atoms with Crippen LogP contribution >= 0.6 is 0 Å². The average molecular weight is 628 g/mol. The van der Waals surface area contributed by atoms with Crippen molar-refractivity contribution in [3.8, 4) is 28.7 Å². The molecule has 1 saturated carbocycles. The van der Waals surface area contributed by atoms with E-state index in [1.54, 1.807) is 13.8 Å². The monoisotopic (exact) mass is 627 g/mol. The molecule has 3 atom stereocenters. The molecule has 2 aromatic rings. The lowest BCUT2D eigenvalue weighted by atomic mass is 9.76. The lowest BCUT2D eigenvalue weighted by Crippen LogP contribution is -2.47. The minimum absolute atomic E-state index is 0.0343. The van der Waals surface area contributed by atoms with Gasteiger partial charge in [-0.1, -0.05) is 0 Å². The molecule has 0 bridgehead atoms. The summed E-state index contributed by atoms with van der Waals surface area (Å²) in [5.74, 6) is -1.58. The molecular formula is C30H30F5NO8. The molecule has 1 aliphatic carbocycles. The van der Waals surface area contributed by atoms with Crippen molar-refractivity contribution in [1.82, 2.24) is 5.32 Å². The number of amides is 1. The molecule has 238 valence electrons. The second-order valence-corrected chi connectivity index (χ2v) is 11.6. The molecule has 6 rings (SSSR count). The van der Waals surface area contributed by atoms with Gasteiger partial charge in [-0.3, -0.25) is 9.59 Å². The third-order valence-electron chi connectivity index (χ3n) is 8.68. The molecule has 3 heterocycles. The first-order valence-corrected chi connectivity index (χ1v) is 14.4. The molecule has 0 spiro atoms. The highest BCUT2D eigenvalue weighted by Gasteiger charge is 2.50. The Morgan fingerprint density at radius 1 is 1.00 bits per heavy atom. The normalized spacial score (nSPS) is 28.2. The highest BCUT2D eigenvalue weighted by Crippen LogP contribution is 2.50. The summed E-state index contributed by atoms with van der Waals surface area (Å²) in [7, 11) is 0. The number of carbonyl (C=O) groups is 2. The molecule has 0 radical (unpaired) electrons. The third-order valence-corrected chi connectivity index (χ3v) is 8.68. The van der Waals surface area contributed by atoms with Crippen LogP contribution in [-0.4, -0.2) is 43.9 Å². The van der Waals surface area contributed by atoms with Gasteiger partial charge in [-0.25, -0.2) is 0 Å². The van der Waals surface area contributed by atoms with Crippen LogP contribution in [0.4, 0.5) is 22.0 Å². The van der Waals surface area contributed by atoms with E-state index in [-0.39, 0.29) is 54.0 Å². The zero-order valence-electron chi connectivity index (χ0n) is 23.8. The van der Waals surface area contributed by atoms with Crippen LogP contribution < -0.4 is 29.0 Å². The van der Waals surface area contributed by atoms with E-state index in [0.29, 0.717) is 43.2 Å². The topological polar surface area (TPSA) is 102 Å². The summed E-state index contributed by atoms with van der Waals surface area (Å²) in [6.07, 6.45) is -6.53. The number of benzene rings is 2. The number of rotatable bonds is 6. The second-order valence-electron chi connectivity index (χ2n) is 11.6. The van der Waals surface area contributed by atoms with E-state index in [4.69, 9.17) is 14.2 Å². The number of ether oxygens (including phenoxy) is 6. The zero-order chi connectivity index (χ0) is 31.4. The Bertz CT molecular complexity index is 1460. The minimum atomic E-state index is -4.91. The van der Waals surface area contributed by atoms with Crippen LogP contribution in [0.5, 0.6) is 28.7 Å². The van der Waals surface area contributed by atoms with Crippen molar-refractivity contribution < 1.29 is 60.0 Å². The maximum absolute atomic E-state index is 13.9. The van der Waals surface area contributed by atoms with Gasteiger partial charge in [0.25, 0.3) is 0 Å². The molecular weight excluding hydrogens is 597 g/mol. The average Bonchev–Trinajstić information content (AvgIpc) is 3.45. The molecule has 1 N–H and O–H groups in total. The van der Waals surface area contributed by atoms with Gasteiger partial charge in [-0.2, -0.15) is 0 Å². The van der Waals surface area contributed by atoms with E-state index < -0.39 is 41.9 Å². The van der Waals surface area contributed by atoms with Gasteiger partial charge in [0.2, 0.25) is 5.91 Å². The molecule has 4 aliphatic rings. The predicted octanol–water partition coefficient (Wildman–Crippen LogP) is 5.93. The van der Waals surface area contributed by atoms with Crippen LogP contribution in [-0.2, 0) is 19.7 Å². The Hall–Kier alpha value is -3.97. The summed E-state index contributed by atoms with van der Waals surface area (Å²) in [5.41, 5.74) is -0.529. The van der Waals surface area contributed by atoms with Crippen LogP contribution in [0.3, 0.4) is 0 Å². The third kappa shape index (κ3) is 5.77. The molecule has 0 saturated heterocycles. The number of alkyl halides is 5. The van der Waals surface area contributed by atoms with Gasteiger partial charge in [-0.05, 0) is 63.6 Å². The fourth-order valence-corrected chi connectivity index (χ4v) is 6.42. The molecule has 9 nitrogen and oxygen atoms in total. The molecule has 3 aliphatic heterocycles. The number of fused-ring (bicyclic) bond motifs is 3. The van der Waals surface area contributed by atoms with Crippen molar-refractivity contribution >= 4 is 11.9 Å². The largest absolute Gasteiger partial charge is 0.586 e. The van der Waals surface area contributed by atoms with E-state index in [1.807, 2.05) is 0 Å². The number of nitrogens with one attached hydrogen (secondary N) is 1. The van der Waals surface area contributed by atoms with Crippen molar-refractivity contribution in [1.29, 1.82) is 0 Å². The summed E-state index contributed by atoms with van der Waals surface area (Å²) in [6.45, 7) is 3.54. The second kappa shape index (κ2) is 10.9. The number of hydrogen-bond donors (Lipinski definition) is 1. The lowest BCUT2D eigenvalue weighted by Gasteiger charge is -2.40. The molecule has 1 amide bonds. The van der Waals surface area contributed by atoms with Crippen molar-refractivity contribution in [2.45, 2.75) is 76.2 Å². The summed E-state index contributed by atoms with van der Waals surface area (Å²) in [4.78, 5) is 26.1. The fourth-order valence-electron chi connectivity index (χ4n) is 6.42. The van der Waals surface area contributed by atoms with E-state index in [9.17, 15) is 31.5 Å². The van der Waals surface area contributed by atoms with Crippen LogP contribution in [0.15, 0.2) is 30.3 Å². The first kappa shape index (κ1) is 30.1. The first-order chi connectivity index (χ1) is 20.7. The predicted molar refractivity (Wildman–Crippen MR) is 141 cm³/mol. The van der Waals surface area contributed by atoms with E-state index in [1.165, 1.54) is 18.2 Å². The van der Waals surface area contributed by atoms with Crippen molar-refractivity contribution in [3.63, 3.8) is 0 Å². The Labute approximate surface area is 248 Å². The Morgan fingerprint density at radius 2 is 1.70 bits per heavy atom. The zero-order valence-corrected chi connectivity index (χ0v) is 23.8.